The lowest BCUT2D eigenvalue weighted by Crippen LogP contribution is -2.50. The van der Waals surface area contributed by atoms with Gasteiger partial charge in [0.1, 0.15) is 6.10 Å². The van der Waals surface area contributed by atoms with E-state index in [9.17, 15) is 14.4 Å². The number of nitrogens with zero attached hydrogens (tertiary/aromatic N) is 3. The lowest BCUT2D eigenvalue weighted by Gasteiger charge is -2.39. The zero-order valence-electron chi connectivity index (χ0n) is 22.2. The predicted octanol–water partition coefficient (Wildman–Crippen LogP) is 4.41. The average Bonchev–Trinajstić information content (AvgIpc) is 3.37. The molecule has 1 unspecified atom stereocenters. The SMILES string of the molecule is O=C(CCC(=O)c1ccccc1)NC[C@H]1CN(c2cccc(N3CCN(Cc4ccccc4)C(F)C3)c2)C(=O)O1. The zero-order chi connectivity index (χ0) is 27.9. The second kappa shape index (κ2) is 12.7. The summed E-state index contributed by atoms with van der Waals surface area (Å²) in [7, 11) is 0. The second-order valence-electron chi connectivity index (χ2n) is 10.1. The van der Waals surface area contributed by atoms with Crippen molar-refractivity contribution >= 4 is 29.2 Å². The molecule has 2 heterocycles. The quantitative estimate of drug-likeness (QED) is 0.301. The highest BCUT2D eigenvalue weighted by atomic mass is 19.1. The molecule has 2 amide bonds. The van der Waals surface area contributed by atoms with Gasteiger partial charge in [0, 0.05) is 49.4 Å². The fourth-order valence-electron chi connectivity index (χ4n) is 5.02. The Hall–Kier alpha value is -4.24. The van der Waals surface area contributed by atoms with Crippen molar-refractivity contribution in [3.8, 4) is 0 Å². The molecule has 3 aromatic rings. The third-order valence-electron chi connectivity index (χ3n) is 7.24. The summed E-state index contributed by atoms with van der Waals surface area (Å²) in [4.78, 5) is 42.5. The summed E-state index contributed by atoms with van der Waals surface area (Å²) in [6.07, 6.45) is -1.94. The molecule has 2 saturated heterocycles. The van der Waals surface area contributed by atoms with Gasteiger partial charge >= 0.3 is 6.09 Å². The number of ether oxygens (including phenoxy) is 1. The maximum atomic E-state index is 15.1. The fraction of sp³-hybridized carbons (Fsp3) is 0.323. The molecule has 2 fully saturated rings. The Kier molecular flexibility index (Phi) is 8.71. The first-order chi connectivity index (χ1) is 19.5. The molecule has 0 aromatic heterocycles. The monoisotopic (exact) mass is 544 g/mol. The van der Waals surface area contributed by atoms with Crippen molar-refractivity contribution in [1.29, 1.82) is 0 Å². The molecule has 9 heteroatoms. The van der Waals surface area contributed by atoms with E-state index in [0.29, 0.717) is 30.9 Å². The van der Waals surface area contributed by atoms with Gasteiger partial charge in [0.25, 0.3) is 0 Å². The summed E-state index contributed by atoms with van der Waals surface area (Å²) >= 11 is 0. The van der Waals surface area contributed by atoms with Crippen molar-refractivity contribution in [2.24, 2.45) is 0 Å². The van der Waals surface area contributed by atoms with E-state index in [-0.39, 0.29) is 44.2 Å². The molecule has 2 atom stereocenters. The van der Waals surface area contributed by atoms with Crippen molar-refractivity contribution < 1.29 is 23.5 Å². The number of hydrogen-bond acceptors (Lipinski definition) is 6. The minimum Gasteiger partial charge on any atom is -0.442 e. The number of amides is 2. The van der Waals surface area contributed by atoms with Gasteiger partial charge in [-0.1, -0.05) is 66.7 Å². The Morgan fingerprint density at radius 1 is 0.875 bits per heavy atom. The van der Waals surface area contributed by atoms with Crippen molar-refractivity contribution in [2.75, 3.05) is 42.5 Å². The Labute approximate surface area is 233 Å². The van der Waals surface area contributed by atoms with E-state index in [0.717, 1.165) is 11.3 Å². The smallest absolute Gasteiger partial charge is 0.414 e. The van der Waals surface area contributed by atoms with E-state index in [4.69, 9.17) is 4.74 Å². The number of piperazine rings is 1. The summed E-state index contributed by atoms with van der Waals surface area (Å²) in [6.45, 7) is 2.50. The Morgan fingerprint density at radius 3 is 2.35 bits per heavy atom. The maximum absolute atomic E-state index is 15.1. The van der Waals surface area contributed by atoms with Gasteiger partial charge in [-0.05, 0) is 23.8 Å². The normalized spacial score (nSPS) is 19.4. The van der Waals surface area contributed by atoms with Crippen molar-refractivity contribution in [1.82, 2.24) is 10.2 Å². The molecule has 208 valence electrons. The predicted molar refractivity (Wildman–Crippen MR) is 151 cm³/mol. The Bertz CT molecular complexity index is 1320. The third-order valence-corrected chi connectivity index (χ3v) is 7.24. The first kappa shape index (κ1) is 27.3. The highest BCUT2D eigenvalue weighted by Crippen LogP contribution is 2.28. The minimum atomic E-state index is -1.11. The van der Waals surface area contributed by atoms with E-state index in [1.165, 1.54) is 4.90 Å². The molecular formula is C31H33FN4O4. The maximum Gasteiger partial charge on any atom is 0.414 e. The van der Waals surface area contributed by atoms with Gasteiger partial charge in [-0.2, -0.15) is 0 Å². The van der Waals surface area contributed by atoms with Gasteiger partial charge in [0.05, 0.1) is 19.6 Å². The van der Waals surface area contributed by atoms with Gasteiger partial charge in [-0.3, -0.25) is 19.4 Å². The molecule has 3 aromatic carbocycles. The number of hydrogen-bond donors (Lipinski definition) is 1. The van der Waals surface area contributed by atoms with Crippen LogP contribution in [-0.2, 0) is 16.1 Å². The number of nitrogens with one attached hydrogen (secondary N) is 1. The molecular weight excluding hydrogens is 511 g/mol. The molecule has 2 aliphatic rings. The molecule has 1 N–H and O–H groups in total. The molecule has 40 heavy (non-hydrogen) atoms. The lowest BCUT2D eigenvalue weighted by molar-refractivity contribution is -0.121. The number of rotatable bonds is 10. The van der Waals surface area contributed by atoms with E-state index in [1.807, 2.05) is 70.5 Å². The van der Waals surface area contributed by atoms with Crippen LogP contribution in [0.5, 0.6) is 0 Å². The number of alkyl halides is 1. The van der Waals surface area contributed by atoms with Crippen LogP contribution in [0.2, 0.25) is 0 Å². The van der Waals surface area contributed by atoms with E-state index in [2.05, 4.69) is 5.32 Å². The number of carbonyl (C=O) groups is 3. The number of cyclic esters (lactones) is 1. The van der Waals surface area contributed by atoms with Crippen molar-refractivity contribution in [2.45, 2.75) is 31.8 Å². The fourth-order valence-corrected chi connectivity index (χ4v) is 5.02. The minimum absolute atomic E-state index is 0.0638. The summed E-state index contributed by atoms with van der Waals surface area (Å²) in [6, 6.07) is 26.2. The third kappa shape index (κ3) is 6.84. The molecule has 0 aliphatic carbocycles. The lowest BCUT2D eigenvalue weighted by atomic mass is 10.1. The van der Waals surface area contributed by atoms with Crippen LogP contribution in [0.25, 0.3) is 0 Å². The topological polar surface area (TPSA) is 82.2 Å². The van der Waals surface area contributed by atoms with Gasteiger partial charge in [-0.15, -0.1) is 0 Å². The number of halogens is 1. The second-order valence-corrected chi connectivity index (χ2v) is 10.1. The molecule has 0 radical (unpaired) electrons. The molecule has 0 spiro atoms. The molecule has 2 aliphatic heterocycles. The van der Waals surface area contributed by atoms with Gasteiger partial charge < -0.3 is 15.0 Å². The van der Waals surface area contributed by atoms with Crippen LogP contribution in [0.1, 0.15) is 28.8 Å². The van der Waals surface area contributed by atoms with Crippen LogP contribution >= 0.6 is 0 Å². The molecule has 8 nitrogen and oxygen atoms in total. The number of anilines is 2. The largest absolute Gasteiger partial charge is 0.442 e. The van der Waals surface area contributed by atoms with Crippen LogP contribution in [0.3, 0.4) is 0 Å². The van der Waals surface area contributed by atoms with Crippen LogP contribution in [-0.4, -0.2) is 67.8 Å². The molecule has 0 bridgehead atoms. The van der Waals surface area contributed by atoms with Gasteiger partial charge in [0.15, 0.2) is 12.1 Å². The van der Waals surface area contributed by atoms with Gasteiger partial charge in [-0.25, -0.2) is 9.18 Å². The first-order valence-electron chi connectivity index (χ1n) is 13.6. The average molecular weight is 545 g/mol. The van der Waals surface area contributed by atoms with Crippen LogP contribution < -0.4 is 15.1 Å². The number of Topliss-reactive ketones (excluding diaryl/α,β-unsaturated/α-hetero) is 1. The molecule has 0 saturated carbocycles. The van der Waals surface area contributed by atoms with Crippen LogP contribution in [0.4, 0.5) is 20.6 Å². The van der Waals surface area contributed by atoms with E-state index in [1.54, 1.807) is 24.3 Å². The van der Waals surface area contributed by atoms with Crippen LogP contribution in [0.15, 0.2) is 84.9 Å². The zero-order valence-corrected chi connectivity index (χ0v) is 22.2. The Balaban J connectivity index is 1.10. The first-order valence-corrected chi connectivity index (χ1v) is 13.6. The summed E-state index contributed by atoms with van der Waals surface area (Å²) in [5.41, 5.74) is 3.16. The summed E-state index contributed by atoms with van der Waals surface area (Å²) < 4.78 is 20.5. The van der Waals surface area contributed by atoms with Crippen molar-refractivity contribution in [3.63, 3.8) is 0 Å². The van der Waals surface area contributed by atoms with Crippen molar-refractivity contribution in [3.05, 3.63) is 96.1 Å². The number of benzene rings is 3. The number of ketones is 1. The summed E-state index contributed by atoms with van der Waals surface area (Å²) in [5.74, 6) is -0.362. The highest BCUT2D eigenvalue weighted by Gasteiger charge is 2.33. The summed E-state index contributed by atoms with van der Waals surface area (Å²) in [5, 5.41) is 2.76. The van der Waals surface area contributed by atoms with Crippen LogP contribution in [0, 0.1) is 0 Å². The highest BCUT2D eigenvalue weighted by molar-refractivity contribution is 5.98. The van der Waals surface area contributed by atoms with E-state index >= 15 is 4.39 Å². The van der Waals surface area contributed by atoms with Gasteiger partial charge in [0.2, 0.25) is 5.91 Å². The Morgan fingerprint density at radius 2 is 1.60 bits per heavy atom. The molecule has 5 rings (SSSR count). The van der Waals surface area contributed by atoms with E-state index < -0.39 is 18.5 Å². The number of carbonyl (C=O) groups excluding carboxylic acids is 3. The standard InChI is InChI=1S/C31H33FN4O4/c32-29-22-34(16-17-35(29)20-23-8-3-1-4-9-23)25-12-7-13-26(18-25)36-21-27(40-31(36)39)19-33-30(38)15-14-28(37)24-10-5-2-6-11-24/h1-13,18,27,29H,14-17,19-22H2,(H,33,38)/t27-,29?/m0/s1.